The highest BCUT2D eigenvalue weighted by Gasteiger charge is 2.14. The molecule has 2 heterocycles. The van der Waals surface area contributed by atoms with Gasteiger partial charge in [0, 0.05) is 12.6 Å². The maximum atomic E-state index is 11.6. The number of nitrogens with zero attached hydrogens (tertiary/aromatic N) is 2. The van der Waals surface area contributed by atoms with E-state index in [2.05, 4.69) is 15.7 Å². The van der Waals surface area contributed by atoms with Gasteiger partial charge in [0.2, 0.25) is 0 Å². The number of hydrogen-bond acceptors (Lipinski definition) is 4. The van der Waals surface area contributed by atoms with Crippen LogP contribution in [0.4, 0.5) is 16.4 Å². The van der Waals surface area contributed by atoms with Crippen LogP contribution >= 0.6 is 0 Å². The van der Waals surface area contributed by atoms with Crippen LogP contribution in [-0.4, -0.2) is 22.4 Å². The van der Waals surface area contributed by atoms with E-state index in [1.165, 1.54) is 0 Å². The molecule has 19 heavy (non-hydrogen) atoms. The molecular formula is C13H14N4O2. The Balaban J connectivity index is 1.53. The zero-order valence-electron chi connectivity index (χ0n) is 10.3. The van der Waals surface area contributed by atoms with Crippen LogP contribution in [0.3, 0.4) is 0 Å². The maximum Gasteiger partial charge on any atom is 0.413 e. The molecular weight excluding hydrogens is 244 g/mol. The molecule has 0 saturated heterocycles. The van der Waals surface area contributed by atoms with E-state index in [9.17, 15) is 4.79 Å². The number of ether oxygens (including phenoxy) is 1. The van der Waals surface area contributed by atoms with E-state index < -0.39 is 6.09 Å². The van der Waals surface area contributed by atoms with Crippen molar-refractivity contribution in [2.24, 2.45) is 0 Å². The third-order valence-corrected chi connectivity index (χ3v) is 2.85. The van der Waals surface area contributed by atoms with Gasteiger partial charge >= 0.3 is 6.09 Å². The molecule has 0 bridgehead atoms. The van der Waals surface area contributed by atoms with E-state index in [0.29, 0.717) is 5.82 Å². The number of carbonyl (C=O) groups excluding carboxylic acids is 1. The molecule has 0 radical (unpaired) electrons. The summed E-state index contributed by atoms with van der Waals surface area (Å²) in [5.74, 6) is 1.42. The van der Waals surface area contributed by atoms with E-state index in [1.807, 2.05) is 35.0 Å². The fourth-order valence-corrected chi connectivity index (χ4v) is 1.94. The van der Waals surface area contributed by atoms with Crippen LogP contribution in [0.25, 0.3) is 0 Å². The molecule has 2 N–H and O–H groups in total. The molecule has 1 aliphatic rings. The van der Waals surface area contributed by atoms with Crippen LogP contribution in [0.15, 0.2) is 36.4 Å². The first-order valence-corrected chi connectivity index (χ1v) is 6.11. The Labute approximate surface area is 110 Å². The van der Waals surface area contributed by atoms with E-state index in [1.54, 1.807) is 6.07 Å². The zero-order valence-corrected chi connectivity index (χ0v) is 10.3. The normalized spacial score (nSPS) is 12.6. The summed E-state index contributed by atoms with van der Waals surface area (Å²) in [5.41, 5.74) is 0.951. The molecule has 98 valence electrons. The topological polar surface area (TPSA) is 68.2 Å². The highest BCUT2D eigenvalue weighted by molar-refractivity contribution is 5.83. The summed E-state index contributed by atoms with van der Waals surface area (Å²) >= 11 is 0. The van der Waals surface area contributed by atoms with Crippen molar-refractivity contribution in [3.05, 3.63) is 42.0 Å². The molecule has 6 heteroatoms. The van der Waals surface area contributed by atoms with Crippen LogP contribution in [0, 0.1) is 0 Å². The lowest BCUT2D eigenvalue weighted by molar-refractivity contribution is 0.155. The maximum absolute atomic E-state index is 11.6. The van der Waals surface area contributed by atoms with Crippen LogP contribution < -0.4 is 10.6 Å². The number of benzene rings is 1. The van der Waals surface area contributed by atoms with Crippen LogP contribution in [-0.2, 0) is 17.9 Å². The van der Waals surface area contributed by atoms with Gasteiger partial charge in [0.05, 0.1) is 6.54 Å². The average Bonchev–Trinajstić information content (AvgIpc) is 2.98. The number of nitrogens with one attached hydrogen (secondary N) is 2. The van der Waals surface area contributed by atoms with Gasteiger partial charge in [-0.25, -0.2) is 9.48 Å². The first-order valence-electron chi connectivity index (χ1n) is 6.11. The van der Waals surface area contributed by atoms with Crippen molar-refractivity contribution in [1.29, 1.82) is 0 Å². The van der Waals surface area contributed by atoms with Gasteiger partial charge < -0.3 is 10.1 Å². The van der Waals surface area contributed by atoms with Crippen molar-refractivity contribution in [3.8, 4) is 0 Å². The molecule has 2 aromatic rings. The second-order valence-corrected chi connectivity index (χ2v) is 4.25. The summed E-state index contributed by atoms with van der Waals surface area (Å²) in [6, 6.07) is 11.3. The Morgan fingerprint density at radius 2 is 2.26 bits per heavy atom. The molecule has 6 nitrogen and oxygen atoms in total. The predicted molar refractivity (Wildman–Crippen MR) is 71.0 cm³/mol. The Bertz CT molecular complexity index is 558. The van der Waals surface area contributed by atoms with Crippen molar-refractivity contribution in [2.45, 2.75) is 13.2 Å². The number of amides is 1. The minimum absolute atomic E-state index is 0.249. The molecule has 0 saturated carbocycles. The van der Waals surface area contributed by atoms with Crippen molar-refractivity contribution in [1.82, 2.24) is 9.78 Å². The van der Waals surface area contributed by atoms with E-state index in [0.717, 1.165) is 24.5 Å². The van der Waals surface area contributed by atoms with Crippen molar-refractivity contribution >= 4 is 17.7 Å². The lowest BCUT2D eigenvalue weighted by atomic mass is 10.2. The van der Waals surface area contributed by atoms with Gasteiger partial charge in [0.1, 0.15) is 12.4 Å². The first-order chi connectivity index (χ1) is 9.31. The van der Waals surface area contributed by atoms with Crippen LogP contribution in [0.2, 0.25) is 0 Å². The number of fused-ring (bicyclic) bond motifs is 1. The minimum Gasteiger partial charge on any atom is -0.444 e. The molecule has 1 amide bonds. The summed E-state index contributed by atoms with van der Waals surface area (Å²) in [6.45, 7) is 1.94. The fourth-order valence-electron chi connectivity index (χ4n) is 1.94. The second kappa shape index (κ2) is 5.01. The smallest absolute Gasteiger partial charge is 0.413 e. The van der Waals surface area contributed by atoms with Gasteiger partial charge in [0.15, 0.2) is 5.82 Å². The van der Waals surface area contributed by atoms with Crippen molar-refractivity contribution in [3.63, 3.8) is 0 Å². The summed E-state index contributed by atoms with van der Waals surface area (Å²) < 4.78 is 6.93. The monoisotopic (exact) mass is 258 g/mol. The van der Waals surface area contributed by atoms with Gasteiger partial charge in [-0.15, -0.1) is 0 Å². The van der Waals surface area contributed by atoms with Gasteiger partial charge in [-0.2, -0.15) is 5.10 Å². The molecule has 0 spiro atoms. The fraction of sp³-hybridized carbons (Fsp3) is 0.231. The standard InChI is InChI=1S/C13H14N4O2/c18-13(19-9-10-4-2-1-3-5-10)15-11-8-12-14-6-7-17(12)16-11/h1-5,8,14H,6-7,9H2,(H,15,16,18). The largest absolute Gasteiger partial charge is 0.444 e. The molecule has 1 aromatic heterocycles. The van der Waals surface area contributed by atoms with Crippen LogP contribution in [0.5, 0.6) is 0 Å². The Kier molecular flexibility index (Phi) is 3.06. The number of anilines is 2. The highest BCUT2D eigenvalue weighted by atomic mass is 16.5. The third kappa shape index (κ3) is 2.67. The molecule has 1 aromatic carbocycles. The molecule has 1 aliphatic heterocycles. The van der Waals surface area contributed by atoms with Crippen molar-refractivity contribution in [2.75, 3.05) is 17.2 Å². The first kappa shape index (κ1) is 11.6. The minimum atomic E-state index is -0.499. The van der Waals surface area contributed by atoms with E-state index in [-0.39, 0.29) is 6.61 Å². The zero-order chi connectivity index (χ0) is 13.1. The SMILES string of the molecule is O=C(Nc1cc2n(n1)CCN2)OCc1ccccc1. The van der Waals surface area contributed by atoms with Crippen LogP contribution in [0.1, 0.15) is 5.56 Å². The predicted octanol–water partition coefficient (Wildman–Crippen LogP) is 2.06. The summed E-state index contributed by atoms with van der Waals surface area (Å²) in [5, 5.41) is 10.00. The Hall–Kier alpha value is -2.50. The summed E-state index contributed by atoms with van der Waals surface area (Å²) in [6.07, 6.45) is -0.499. The highest BCUT2D eigenvalue weighted by Crippen LogP contribution is 2.18. The number of carbonyl (C=O) groups is 1. The Morgan fingerprint density at radius 1 is 1.42 bits per heavy atom. The van der Waals surface area contributed by atoms with E-state index >= 15 is 0 Å². The Morgan fingerprint density at radius 3 is 3.05 bits per heavy atom. The quantitative estimate of drug-likeness (QED) is 0.884. The lowest BCUT2D eigenvalue weighted by Crippen LogP contribution is -2.14. The summed E-state index contributed by atoms with van der Waals surface area (Å²) in [4.78, 5) is 11.6. The molecule has 3 rings (SSSR count). The van der Waals surface area contributed by atoms with Gasteiger partial charge in [-0.3, -0.25) is 5.32 Å². The molecule has 0 atom stereocenters. The molecule has 0 aliphatic carbocycles. The number of hydrogen-bond donors (Lipinski definition) is 2. The van der Waals surface area contributed by atoms with Gasteiger partial charge in [0.25, 0.3) is 0 Å². The van der Waals surface area contributed by atoms with E-state index in [4.69, 9.17) is 4.74 Å². The molecule has 0 unspecified atom stereocenters. The lowest BCUT2D eigenvalue weighted by Gasteiger charge is -2.04. The third-order valence-electron chi connectivity index (χ3n) is 2.85. The average molecular weight is 258 g/mol. The molecule has 0 fully saturated rings. The van der Waals surface area contributed by atoms with Crippen molar-refractivity contribution < 1.29 is 9.53 Å². The summed E-state index contributed by atoms with van der Waals surface area (Å²) in [7, 11) is 0. The number of aromatic nitrogens is 2. The number of rotatable bonds is 3. The van der Waals surface area contributed by atoms with Gasteiger partial charge in [-0.1, -0.05) is 30.3 Å². The van der Waals surface area contributed by atoms with Gasteiger partial charge in [-0.05, 0) is 5.56 Å². The second-order valence-electron chi connectivity index (χ2n) is 4.25.